The van der Waals surface area contributed by atoms with Crippen LogP contribution in [-0.2, 0) is 9.47 Å². The van der Waals surface area contributed by atoms with Gasteiger partial charge in [-0.15, -0.1) is 0 Å². The molecule has 3 fully saturated rings. The van der Waals surface area contributed by atoms with E-state index in [2.05, 4.69) is 5.32 Å². The highest BCUT2D eigenvalue weighted by Gasteiger charge is 2.44. The first-order valence-electron chi connectivity index (χ1n) is 5.39. The highest BCUT2D eigenvalue weighted by atomic mass is 16.6. The average Bonchev–Trinajstić information content (AvgIpc) is 2.91. The van der Waals surface area contributed by atoms with Crippen LogP contribution in [0.2, 0.25) is 0 Å². The molecule has 2 atom stereocenters. The lowest BCUT2D eigenvalue weighted by atomic mass is 10.1. The molecule has 1 N–H and O–H groups in total. The summed E-state index contributed by atoms with van der Waals surface area (Å²) in [6.07, 6.45) is 5.48. The molecule has 13 heavy (non-hydrogen) atoms. The smallest absolute Gasteiger partial charge is 0.145 e. The Bertz CT molecular complexity index is 197. The fourth-order valence-corrected chi connectivity index (χ4v) is 2.41. The lowest BCUT2D eigenvalue weighted by Gasteiger charge is -2.38. The first-order chi connectivity index (χ1) is 6.38. The average molecular weight is 183 g/mol. The molecule has 3 heteroatoms. The molecule has 1 saturated carbocycles. The van der Waals surface area contributed by atoms with Crippen LogP contribution < -0.4 is 5.32 Å². The Hall–Kier alpha value is -0.120. The normalized spacial score (nSPS) is 45.7. The molecule has 2 saturated heterocycles. The van der Waals surface area contributed by atoms with Gasteiger partial charge in [-0.3, -0.25) is 5.32 Å². The minimum absolute atomic E-state index is 0.106. The quantitative estimate of drug-likeness (QED) is 0.655. The van der Waals surface area contributed by atoms with Crippen molar-refractivity contribution < 1.29 is 9.47 Å². The SMILES string of the molecule is C1CC(C2CC2)OC2(CCOC2)N1. The first kappa shape index (κ1) is 8.21. The van der Waals surface area contributed by atoms with Gasteiger partial charge < -0.3 is 9.47 Å². The largest absolute Gasteiger partial charge is 0.377 e. The van der Waals surface area contributed by atoms with Crippen LogP contribution >= 0.6 is 0 Å². The van der Waals surface area contributed by atoms with Gasteiger partial charge in [-0.05, 0) is 25.2 Å². The lowest BCUT2D eigenvalue weighted by molar-refractivity contribution is -0.148. The van der Waals surface area contributed by atoms with Gasteiger partial charge in [0.2, 0.25) is 0 Å². The maximum absolute atomic E-state index is 6.12. The maximum Gasteiger partial charge on any atom is 0.145 e. The summed E-state index contributed by atoms with van der Waals surface area (Å²) in [7, 11) is 0. The van der Waals surface area contributed by atoms with E-state index in [1.165, 1.54) is 19.3 Å². The predicted molar refractivity (Wildman–Crippen MR) is 48.4 cm³/mol. The van der Waals surface area contributed by atoms with Gasteiger partial charge in [0.15, 0.2) is 0 Å². The van der Waals surface area contributed by atoms with Crippen molar-refractivity contribution in [3.8, 4) is 0 Å². The number of hydrogen-bond acceptors (Lipinski definition) is 3. The zero-order valence-electron chi connectivity index (χ0n) is 7.92. The predicted octanol–water partition coefficient (Wildman–Crippen LogP) is 0.891. The molecule has 0 aromatic carbocycles. The summed E-state index contributed by atoms with van der Waals surface area (Å²) in [4.78, 5) is 0. The topological polar surface area (TPSA) is 30.5 Å². The Kier molecular flexibility index (Phi) is 1.86. The standard InChI is InChI=1S/C10H17NO2/c1-2-8(1)9-3-5-11-10(13-9)4-6-12-7-10/h8-9,11H,1-7H2. The molecule has 0 radical (unpaired) electrons. The van der Waals surface area contributed by atoms with E-state index in [1.807, 2.05) is 0 Å². The summed E-state index contributed by atoms with van der Waals surface area (Å²) < 4.78 is 11.5. The van der Waals surface area contributed by atoms with E-state index in [-0.39, 0.29) is 5.72 Å². The third kappa shape index (κ3) is 1.49. The van der Waals surface area contributed by atoms with Crippen LogP contribution in [0.5, 0.6) is 0 Å². The Labute approximate surface area is 78.8 Å². The van der Waals surface area contributed by atoms with Crippen molar-refractivity contribution in [3.05, 3.63) is 0 Å². The van der Waals surface area contributed by atoms with Crippen LogP contribution in [-0.4, -0.2) is 31.6 Å². The molecule has 2 heterocycles. The summed E-state index contributed by atoms with van der Waals surface area (Å²) >= 11 is 0. The summed E-state index contributed by atoms with van der Waals surface area (Å²) in [6, 6.07) is 0. The molecule has 3 nitrogen and oxygen atoms in total. The van der Waals surface area contributed by atoms with E-state index in [0.717, 1.165) is 32.1 Å². The first-order valence-corrected chi connectivity index (χ1v) is 5.39. The zero-order valence-corrected chi connectivity index (χ0v) is 7.92. The van der Waals surface area contributed by atoms with Crippen LogP contribution in [0.4, 0.5) is 0 Å². The molecular weight excluding hydrogens is 166 g/mol. The number of rotatable bonds is 1. The van der Waals surface area contributed by atoms with Gasteiger partial charge >= 0.3 is 0 Å². The second-order valence-corrected chi connectivity index (χ2v) is 4.51. The number of hydrogen-bond donors (Lipinski definition) is 1. The minimum atomic E-state index is -0.106. The Morgan fingerprint density at radius 3 is 2.85 bits per heavy atom. The Morgan fingerprint density at radius 2 is 2.15 bits per heavy atom. The van der Waals surface area contributed by atoms with Gasteiger partial charge in [0.25, 0.3) is 0 Å². The molecule has 3 rings (SSSR count). The molecular formula is C10H17NO2. The minimum Gasteiger partial charge on any atom is -0.377 e. The van der Waals surface area contributed by atoms with Gasteiger partial charge in [0.05, 0.1) is 19.3 Å². The van der Waals surface area contributed by atoms with Gasteiger partial charge in [0.1, 0.15) is 5.72 Å². The van der Waals surface area contributed by atoms with E-state index in [0.29, 0.717) is 6.10 Å². The second kappa shape index (κ2) is 2.94. The van der Waals surface area contributed by atoms with Gasteiger partial charge in [-0.2, -0.15) is 0 Å². The van der Waals surface area contributed by atoms with Crippen molar-refractivity contribution in [2.75, 3.05) is 19.8 Å². The van der Waals surface area contributed by atoms with E-state index < -0.39 is 0 Å². The van der Waals surface area contributed by atoms with Crippen LogP contribution in [0.15, 0.2) is 0 Å². The molecule has 1 spiro atoms. The Morgan fingerprint density at radius 1 is 1.23 bits per heavy atom. The van der Waals surface area contributed by atoms with Crippen molar-refractivity contribution in [2.45, 2.75) is 37.5 Å². The lowest BCUT2D eigenvalue weighted by Crippen LogP contribution is -2.55. The molecule has 3 aliphatic rings. The third-order valence-electron chi connectivity index (χ3n) is 3.39. The van der Waals surface area contributed by atoms with Crippen LogP contribution in [0, 0.1) is 5.92 Å². The molecule has 2 unspecified atom stereocenters. The molecule has 1 aliphatic carbocycles. The van der Waals surface area contributed by atoms with E-state index in [9.17, 15) is 0 Å². The van der Waals surface area contributed by atoms with Crippen LogP contribution in [0.1, 0.15) is 25.7 Å². The van der Waals surface area contributed by atoms with E-state index >= 15 is 0 Å². The van der Waals surface area contributed by atoms with Gasteiger partial charge in [-0.1, -0.05) is 0 Å². The van der Waals surface area contributed by atoms with Gasteiger partial charge in [0, 0.05) is 13.0 Å². The van der Waals surface area contributed by atoms with Crippen molar-refractivity contribution in [1.29, 1.82) is 0 Å². The molecule has 2 aliphatic heterocycles. The second-order valence-electron chi connectivity index (χ2n) is 4.51. The number of nitrogens with one attached hydrogen (secondary N) is 1. The summed E-state index contributed by atoms with van der Waals surface area (Å²) in [5.74, 6) is 0.861. The van der Waals surface area contributed by atoms with Crippen LogP contribution in [0.25, 0.3) is 0 Å². The monoisotopic (exact) mass is 183 g/mol. The van der Waals surface area contributed by atoms with E-state index in [1.54, 1.807) is 0 Å². The summed E-state index contributed by atoms with van der Waals surface area (Å²) in [6.45, 7) is 2.70. The molecule has 74 valence electrons. The molecule has 0 bridgehead atoms. The summed E-state index contributed by atoms with van der Waals surface area (Å²) in [5, 5.41) is 3.46. The third-order valence-corrected chi connectivity index (χ3v) is 3.39. The van der Waals surface area contributed by atoms with E-state index in [4.69, 9.17) is 9.47 Å². The highest BCUT2D eigenvalue weighted by molar-refractivity contribution is 4.92. The zero-order chi connectivity index (χ0) is 8.73. The fourth-order valence-electron chi connectivity index (χ4n) is 2.41. The molecule has 0 aromatic heterocycles. The van der Waals surface area contributed by atoms with Gasteiger partial charge in [-0.25, -0.2) is 0 Å². The Balaban J connectivity index is 1.68. The van der Waals surface area contributed by atoms with Crippen molar-refractivity contribution in [3.63, 3.8) is 0 Å². The fraction of sp³-hybridized carbons (Fsp3) is 1.00. The maximum atomic E-state index is 6.12. The van der Waals surface area contributed by atoms with Crippen LogP contribution in [0.3, 0.4) is 0 Å². The van der Waals surface area contributed by atoms with Crippen molar-refractivity contribution in [2.24, 2.45) is 5.92 Å². The van der Waals surface area contributed by atoms with Crippen molar-refractivity contribution in [1.82, 2.24) is 5.32 Å². The number of ether oxygens (including phenoxy) is 2. The summed E-state index contributed by atoms with van der Waals surface area (Å²) in [5.41, 5.74) is -0.106. The van der Waals surface area contributed by atoms with Crippen molar-refractivity contribution >= 4 is 0 Å². The molecule has 0 aromatic rings. The molecule has 0 amide bonds. The highest BCUT2D eigenvalue weighted by Crippen LogP contribution is 2.40.